The molecule has 0 saturated heterocycles. The molecule has 0 aliphatic heterocycles. The summed E-state index contributed by atoms with van der Waals surface area (Å²) in [6, 6.07) is 10.6. The summed E-state index contributed by atoms with van der Waals surface area (Å²) in [7, 11) is 1.62. The number of ether oxygens (including phenoxy) is 1. The lowest BCUT2D eigenvalue weighted by atomic mass is 9.93. The molecular formula is C15H21NO2. The molecule has 1 aliphatic rings. The van der Waals surface area contributed by atoms with Gasteiger partial charge in [0.05, 0.1) is 12.0 Å². The Morgan fingerprint density at radius 3 is 2.67 bits per heavy atom. The van der Waals surface area contributed by atoms with Crippen LogP contribution in [0.1, 0.15) is 31.7 Å². The highest BCUT2D eigenvalue weighted by Crippen LogP contribution is 2.41. The summed E-state index contributed by atoms with van der Waals surface area (Å²) in [4.78, 5) is 12.1. The smallest absolute Gasteiger partial charge is 0.228 e. The molecule has 1 N–H and O–H groups in total. The number of rotatable bonds is 5. The molecule has 2 atom stereocenters. The van der Waals surface area contributed by atoms with Gasteiger partial charge in [-0.1, -0.05) is 30.3 Å². The van der Waals surface area contributed by atoms with Crippen LogP contribution in [0.15, 0.2) is 30.3 Å². The van der Waals surface area contributed by atoms with Crippen LogP contribution in [0.2, 0.25) is 0 Å². The molecule has 0 radical (unpaired) electrons. The number of hydrogen-bond donors (Lipinski definition) is 1. The fourth-order valence-electron chi connectivity index (χ4n) is 2.21. The van der Waals surface area contributed by atoms with Gasteiger partial charge in [-0.25, -0.2) is 0 Å². The van der Waals surface area contributed by atoms with Crippen molar-refractivity contribution >= 4 is 5.91 Å². The maximum absolute atomic E-state index is 12.1. The Kier molecular flexibility index (Phi) is 3.71. The van der Waals surface area contributed by atoms with Crippen LogP contribution in [-0.2, 0) is 9.53 Å². The molecule has 0 aromatic heterocycles. The Morgan fingerprint density at radius 2 is 2.06 bits per heavy atom. The van der Waals surface area contributed by atoms with Crippen LogP contribution in [-0.4, -0.2) is 25.7 Å². The van der Waals surface area contributed by atoms with E-state index in [1.807, 2.05) is 32.0 Å². The second kappa shape index (κ2) is 5.11. The Balaban J connectivity index is 1.88. The Bertz CT molecular complexity index is 414. The Hall–Kier alpha value is -1.35. The third kappa shape index (κ3) is 2.91. The minimum atomic E-state index is -0.460. The van der Waals surface area contributed by atoms with Gasteiger partial charge in [0.2, 0.25) is 5.91 Å². The third-order valence-electron chi connectivity index (χ3n) is 3.45. The molecule has 0 heterocycles. The van der Waals surface area contributed by atoms with Crippen LogP contribution < -0.4 is 5.32 Å². The van der Waals surface area contributed by atoms with Crippen molar-refractivity contribution in [3.63, 3.8) is 0 Å². The maximum atomic E-state index is 12.1. The lowest BCUT2D eigenvalue weighted by Crippen LogP contribution is -2.41. The zero-order chi connectivity index (χ0) is 13.2. The van der Waals surface area contributed by atoms with E-state index in [0.29, 0.717) is 12.5 Å². The Labute approximate surface area is 109 Å². The number of carbonyl (C=O) groups excluding carboxylic acids is 1. The van der Waals surface area contributed by atoms with E-state index in [9.17, 15) is 4.79 Å². The van der Waals surface area contributed by atoms with E-state index >= 15 is 0 Å². The fraction of sp³-hybridized carbons (Fsp3) is 0.533. The maximum Gasteiger partial charge on any atom is 0.228 e. The Morgan fingerprint density at radius 1 is 1.39 bits per heavy atom. The van der Waals surface area contributed by atoms with E-state index in [-0.39, 0.29) is 11.9 Å². The molecule has 0 spiro atoms. The summed E-state index contributed by atoms with van der Waals surface area (Å²) in [5, 5.41) is 3.11. The molecule has 1 amide bonds. The minimum Gasteiger partial charge on any atom is -0.384 e. The first kappa shape index (κ1) is 13.1. The van der Waals surface area contributed by atoms with Crippen LogP contribution in [0, 0.1) is 5.41 Å². The van der Waals surface area contributed by atoms with Crippen molar-refractivity contribution in [2.75, 3.05) is 13.7 Å². The summed E-state index contributed by atoms with van der Waals surface area (Å²) in [6.45, 7) is 4.26. The highest BCUT2D eigenvalue weighted by molar-refractivity contribution is 5.82. The van der Waals surface area contributed by atoms with Gasteiger partial charge in [0.1, 0.15) is 0 Å². The largest absolute Gasteiger partial charge is 0.384 e. The van der Waals surface area contributed by atoms with Gasteiger partial charge in [-0.15, -0.1) is 0 Å². The van der Waals surface area contributed by atoms with Gasteiger partial charge in [-0.3, -0.25) is 4.79 Å². The van der Waals surface area contributed by atoms with E-state index in [0.717, 1.165) is 6.42 Å². The molecule has 1 aromatic carbocycles. The van der Waals surface area contributed by atoms with Crippen molar-refractivity contribution in [1.82, 2.24) is 5.32 Å². The monoisotopic (exact) mass is 247 g/mol. The number of carbonyl (C=O) groups is 1. The van der Waals surface area contributed by atoms with E-state index in [2.05, 4.69) is 17.4 Å². The molecule has 1 aliphatic carbocycles. The number of methoxy groups -OCH3 is 1. The summed E-state index contributed by atoms with van der Waals surface area (Å²) >= 11 is 0. The molecule has 1 saturated carbocycles. The lowest BCUT2D eigenvalue weighted by Gasteiger charge is -2.22. The summed E-state index contributed by atoms with van der Waals surface area (Å²) < 4.78 is 5.08. The highest BCUT2D eigenvalue weighted by Gasteiger charge is 2.41. The fourth-order valence-corrected chi connectivity index (χ4v) is 2.21. The molecule has 0 unspecified atom stereocenters. The van der Waals surface area contributed by atoms with Crippen LogP contribution in [0.25, 0.3) is 0 Å². The van der Waals surface area contributed by atoms with Crippen molar-refractivity contribution in [2.45, 2.75) is 32.2 Å². The van der Waals surface area contributed by atoms with Gasteiger partial charge in [0, 0.05) is 19.1 Å². The standard InChI is InChI=1S/C15H21NO2/c1-15(2,10-18-3)14(17)16-13-9-12(13)11-7-5-4-6-8-11/h4-8,12-13H,9-10H2,1-3H3,(H,16,17)/t12-,13+/m0/s1. The zero-order valence-corrected chi connectivity index (χ0v) is 11.3. The minimum absolute atomic E-state index is 0.0766. The van der Waals surface area contributed by atoms with Crippen molar-refractivity contribution in [3.05, 3.63) is 35.9 Å². The van der Waals surface area contributed by atoms with Crippen LogP contribution in [0.5, 0.6) is 0 Å². The van der Waals surface area contributed by atoms with E-state index < -0.39 is 5.41 Å². The first-order chi connectivity index (χ1) is 8.54. The SMILES string of the molecule is COCC(C)(C)C(=O)N[C@@H]1C[C@H]1c1ccccc1. The molecule has 3 heteroatoms. The summed E-state index contributed by atoms with van der Waals surface area (Å²) in [5.41, 5.74) is 0.853. The number of amides is 1. The third-order valence-corrected chi connectivity index (χ3v) is 3.45. The van der Waals surface area contributed by atoms with Gasteiger partial charge < -0.3 is 10.1 Å². The first-order valence-corrected chi connectivity index (χ1v) is 6.39. The average Bonchev–Trinajstić information content (AvgIpc) is 3.09. The van der Waals surface area contributed by atoms with Gasteiger partial charge in [-0.05, 0) is 25.8 Å². The highest BCUT2D eigenvalue weighted by atomic mass is 16.5. The molecule has 1 aromatic rings. The number of nitrogens with one attached hydrogen (secondary N) is 1. The molecule has 1 fully saturated rings. The lowest BCUT2D eigenvalue weighted by molar-refractivity contribution is -0.132. The molecular weight excluding hydrogens is 226 g/mol. The van der Waals surface area contributed by atoms with E-state index in [4.69, 9.17) is 4.74 Å². The van der Waals surface area contributed by atoms with Crippen molar-refractivity contribution in [2.24, 2.45) is 5.41 Å². The second-order valence-electron chi connectivity index (χ2n) is 5.65. The average molecular weight is 247 g/mol. The molecule has 18 heavy (non-hydrogen) atoms. The topological polar surface area (TPSA) is 38.3 Å². The zero-order valence-electron chi connectivity index (χ0n) is 11.3. The molecule has 2 rings (SSSR count). The van der Waals surface area contributed by atoms with E-state index in [1.165, 1.54) is 5.56 Å². The van der Waals surface area contributed by atoms with Crippen molar-refractivity contribution in [1.29, 1.82) is 0 Å². The van der Waals surface area contributed by atoms with Crippen LogP contribution in [0.4, 0.5) is 0 Å². The van der Waals surface area contributed by atoms with E-state index in [1.54, 1.807) is 7.11 Å². The van der Waals surface area contributed by atoms with Gasteiger partial charge in [-0.2, -0.15) is 0 Å². The predicted molar refractivity (Wildman–Crippen MR) is 71.4 cm³/mol. The van der Waals surface area contributed by atoms with Gasteiger partial charge in [0.15, 0.2) is 0 Å². The summed E-state index contributed by atoms with van der Waals surface area (Å²) in [6.07, 6.45) is 1.04. The van der Waals surface area contributed by atoms with Crippen LogP contribution in [0.3, 0.4) is 0 Å². The van der Waals surface area contributed by atoms with Gasteiger partial charge >= 0.3 is 0 Å². The van der Waals surface area contributed by atoms with Crippen molar-refractivity contribution in [3.8, 4) is 0 Å². The summed E-state index contributed by atoms with van der Waals surface area (Å²) in [5.74, 6) is 0.557. The van der Waals surface area contributed by atoms with Crippen LogP contribution >= 0.6 is 0 Å². The quantitative estimate of drug-likeness (QED) is 0.867. The molecule has 0 bridgehead atoms. The molecule has 3 nitrogen and oxygen atoms in total. The van der Waals surface area contributed by atoms with Gasteiger partial charge in [0.25, 0.3) is 0 Å². The normalized spacial score (nSPS) is 22.6. The number of hydrogen-bond acceptors (Lipinski definition) is 2. The second-order valence-corrected chi connectivity index (χ2v) is 5.65. The van der Waals surface area contributed by atoms with Crippen molar-refractivity contribution < 1.29 is 9.53 Å². The first-order valence-electron chi connectivity index (χ1n) is 6.39. The number of benzene rings is 1. The predicted octanol–water partition coefficient (Wildman–Crippen LogP) is 2.33. The molecule has 98 valence electrons.